The zero-order chi connectivity index (χ0) is 26.8. The van der Waals surface area contributed by atoms with E-state index in [1.54, 1.807) is 24.3 Å². The highest BCUT2D eigenvalue weighted by atomic mass is 32.3. The Morgan fingerprint density at radius 3 is 2.61 bits per heavy atom. The molecule has 2 amide bonds. The molecule has 2 aliphatic heterocycles. The molecule has 1 atom stereocenters. The van der Waals surface area contributed by atoms with Crippen molar-refractivity contribution >= 4 is 43.5 Å². The summed E-state index contributed by atoms with van der Waals surface area (Å²) in [5.41, 5.74) is 1.76. The Morgan fingerprint density at radius 2 is 1.97 bits per heavy atom. The average molecular weight is 556 g/mol. The maximum Gasteiger partial charge on any atom is 0.319 e. The van der Waals surface area contributed by atoms with Gasteiger partial charge in [-0.15, -0.1) is 0 Å². The van der Waals surface area contributed by atoms with Crippen LogP contribution in [0, 0.1) is 11.3 Å². The number of ether oxygens (including phenoxy) is 1. The van der Waals surface area contributed by atoms with E-state index in [4.69, 9.17) is 20.0 Å². The van der Waals surface area contributed by atoms with E-state index in [0.29, 0.717) is 73.5 Å². The van der Waals surface area contributed by atoms with Crippen LogP contribution in [0.4, 0.5) is 16.3 Å². The maximum atomic E-state index is 13.7. The van der Waals surface area contributed by atoms with Crippen LogP contribution in [0.1, 0.15) is 31.9 Å². The summed E-state index contributed by atoms with van der Waals surface area (Å²) in [5, 5.41) is 13.9. The van der Waals surface area contributed by atoms with Gasteiger partial charge in [0.25, 0.3) is 0 Å². The first-order chi connectivity index (χ1) is 18.3. The van der Waals surface area contributed by atoms with Gasteiger partial charge in [0.05, 0.1) is 37.4 Å². The largest absolute Gasteiger partial charge is 0.378 e. The van der Waals surface area contributed by atoms with Gasteiger partial charge in [0, 0.05) is 42.7 Å². The fraction of sp³-hybridized carbons (Fsp3) is 0.480. The van der Waals surface area contributed by atoms with Gasteiger partial charge in [-0.3, -0.25) is 4.99 Å². The van der Waals surface area contributed by atoms with Crippen molar-refractivity contribution in [3.05, 3.63) is 36.0 Å². The molecule has 200 valence electrons. The fourth-order valence-corrected chi connectivity index (χ4v) is 8.09. The first-order valence-corrected chi connectivity index (χ1v) is 15.0. The highest BCUT2D eigenvalue weighted by Crippen LogP contribution is 2.55. The van der Waals surface area contributed by atoms with Gasteiger partial charge in [-0.2, -0.15) is 5.26 Å². The Morgan fingerprint density at radius 1 is 1.24 bits per heavy atom. The number of nitrogens with zero attached hydrogens (tertiary/aromatic N) is 5. The molecule has 2 fully saturated rings. The quantitative estimate of drug-likeness (QED) is 0.492. The second-order valence-corrected chi connectivity index (χ2v) is 12.9. The number of benzene rings is 1. The summed E-state index contributed by atoms with van der Waals surface area (Å²) in [6.07, 6.45) is 1.21. The Balaban J connectivity index is 1.46. The molecule has 0 radical (unpaired) electrons. The number of hydrogen-bond donors (Lipinski definition) is 2. The SMILES string of the molecule is CC1CSC(S(=O)(=O)C2(c3cc(N4CCOCC4)nc(-c4ccc(NC(=O)NCCC#N)cc4)n3)CC2)=N1. The number of aromatic nitrogens is 2. The number of anilines is 2. The maximum absolute atomic E-state index is 13.7. The van der Waals surface area contributed by atoms with Crippen LogP contribution in [-0.2, 0) is 19.3 Å². The monoisotopic (exact) mass is 555 g/mol. The summed E-state index contributed by atoms with van der Waals surface area (Å²) in [6, 6.07) is 10.4. The Labute approximate surface area is 226 Å². The van der Waals surface area contributed by atoms with Crippen molar-refractivity contribution in [2.45, 2.75) is 37.0 Å². The molecule has 3 heterocycles. The Bertz CT molecular complexity index is 1380. The van der Waals surface area contributed by atoms with Gasteiger partial charge in [-0.25, -0.2) is 23.2 Å². The lowest BCUT2D eigenvalue weighted by atomic mass is 10.1. The third kappa shape index (κ3) is 5.34. The van der Waals surface area contributed by atoms with Gasteiger partial charge in [0.1, 0.15) is 10.6 Å². The number of sulfone groups is 1. The normalized spacial score (nSPS) is 20.4. The molecule has 3 aliphatic rings. The summed E-state index contributed by atoms with van der Waals surface area (Å²) < 4.78 is 32.1. The molecule has 1 aliphatic carbocycles. The number of urea groups is 1. The van der Waals surface area contributed by atoms with Crippen LogP contribution in [0.3, 0.4) is 0 Å². The van der Waals surface area contributed by atoms with Gasteiger partial charge < -0.3 is 20.3 Å². The predicted octanol–water partition coefficient (Wildman–Crippen LogP) is 2.91. The first kappa shape index (κ1) is 26.4. The topological polar surface area (TPSA) is 150 Å². The van der Waals surface area contributed by atoms with Gasteiger partial charge in [0.15, 0.2) is 10.2 Å². The minimum absolute atomic E-state index is 0.0222. The van der Waals surface area contributed by atoms with Crippen molar-refractivity contribution in [3.8, 4) is 17.5 Å². The van der Waals surface area contributed by atoms with Crippen LogP contribution in [-0.4, -0.2) is 73.4 Å². The van der Waals surface area contributed by atoms with E-state index in [-0.39, 0.29) is 23.4 Å². The summed E-state index contributed by atoms with van der Waals surface area (Å²) >= 11 is 1.30. The lowest BCUT2D eigenvalue weighted by molar-refractivity contribution is 0.122. The Hall–Kier alpha value is -3.21. The average Bonchev–Trinajstić information content (AvgIpc) is 3.64. The van der Waals surface area contributed by atoms with Crippen LogP contribution in [0.25, 0.3) is 11.4 Å². The number of rotatable bonds is 7. The zero-order valence-electron chi connectivity index (χ0n) is 21.0. The van der Waals surface area contributed by atoms with Gasteiger partial charge >= 0.3 is 6.03 Å². The van der Waals surface area contributed by atoms with Crippen LogP contribution < -0.4 is 15.5 Å². The van der Waals surface area contributed by atoms with E-state index >= 15 is 0 Å². The number of amides is 2. The lowest BCUT2D eigenvalue weighted by Gasteiger charge is -2.29. The minimum atomic E-state index is -3.68. The van der Waals surface area contributed by atoms with Crippen molar-refractivity contribution in [2.75, 3.05) is 48.8 Å². The van der Waals surface area contributed by atoms with Crippen molar-refractivity contribution in [3.63, 3.8) is 0 Å². The number of carbonyl (C=O) groups is 1. The number of aliphatic imine (C=N–C) groups is 1. The van der Waals surface area contributed by atoms with Gasteiger partial charge in [0.2, 0.25) is 9.84 Å². The molecule has 1 saturated carbocycles. The minimum Gasteiger partial charge on any atom is -0.378 e. The zero-order valence-corrected chi connectivity index (χ0v) is 22.6. The highest BCUT2D eigenvalue weighted by Gasteiger charge is 2.60. The molecule has 2 aromatic rings. The van der Waals surface area contributed by atoms with Gasteiger partial charge in [-0.1, -0.05) is 11.8 Å². The molecular weight excluding hydrogens is 526 g/mol. The molecule has 1 aromatic heterocycles. The second-order valence-electron chi connectivity index (χ2n) is 9.45. The van der Waals surface area contributed by atoms with Crippen LogP contribution in [0.15, 0.2) is 35.3 Å². The molecule has 38 heavy (non-hydrogen) atoms. The van der Waals surface area contributed by atoms with E-state index in [1.165, 1.54) is 11.8 Å². The molecular formula is C25H29N7O4S2. The van der Waals surface area contributed by atoms with Crippen molar-refractivity contribution in [2.24, 2.45) is 4.99 Å². The highest BCUT2D eigenvalue weighted by molar-refractivity contribution is 8.36. The summed E-state index contributed by atoms with van der Waals surface area (Å²) in [7, 11) is -3.68. The molecule has 1 saturated heterocycles. The smallest absolute Gasteiger partial charge is 0.319 e. The van der Waals surface area contributed by atoms with Crippen LogP contribution >= 0.6 is 11.8 Å². The van der Waals surface area contributed by atoms with Crippen molar-refractivity contribution in [1.82, 2.24) is 15.3 Å². The molecule has 2 N–H and O–H groups in total. The third-order valence-electron chi connectivity index (χ3n) is 6.66. The standard InChI is InChI=1S/C25H29N7O4S2/c1-17-16-37-24(28-17)38(34,35)25(7-8-25)20-15-21(32-11-13-36-14-12-32)31-22(30-20)18-3-5-19(6-4-18)29-23(33)27-10-2-9-26/h3-6,15,17H,2,7-8,10-14,16H2,1H3,(H2,27,29,33). The Kier molecular flexibility index (Phi) is 7.56. The van der Waals surface area contributed by atoms with E-state index < -0.39 is 20.6 Å². The van der Waals surface area contributed by atoms with E-state index in [2.05, 4.69) is 20.5 Å². The van der Waals surface area contributed by atoms with Crippen molar-refractivity contribution in [1.29, 1.82) is 5.26 Å². The molecule has 0 bridgehead atoms. The molecule has 5 rings (SSSR count). The summed E-state index contributed by atoms with van der Waals surface area (Å²) in [5.74, 6) is 1.75. The summed E-state index contributed by atoms with van der Waals surface area (Å²) in [6.45, 7) is 4.63. The number of hydrogen-bond acceptors (Lipinski definition) is 10. The number of carbonyl (C=O) groups excluding carboxylic acids is 1. The molecule has 1 aromatic carbocycles. The molecule has 0 spiro atoms. The molecule has 11 nitrogen and oxygen atoms in total. The number of thioether (sulfide) groups is 1. The molecule has 1 unspecified atom stereocenters. The van der Waals surface area contributed by atoms with Crippen molar-refractivity contribution < 1.29 is 17.9 Å². The van der Waals surface area contributed by atoms with Gasteiger partial charge in [-0.05, 0) is 44.0 Å². The number of morpholine rings is 1. The van der Waals surface area contributed by atoms with E-state index in [9.17, 15) is 13.2 Å². The number of nitrogens with one attached hydrogen (secondary N) is 2. The molecule has 13 heteroatoms. The third-order valence-corrected chi connectivity index (χ3v) is 10.9. The van der Waals surface area contributed by atoms with Crippen LogP contribution in [0.5, 0.6) is 0 Å². The summed E-state index contributed by atoms with van der Waals surface area (Å²) in [4.78, 5) is 28.1. The first-order valence-electron chi connectivity index (χ1n) is 12.5. The van der Waals surface area contributed by atoms with Crippen LogP contribution in [0.2, 0.25) is 0 Å². The second kappa shape index (κ2) is 10.9. The number of nitriles is 1. The lowest BCUT2D eigenvalue weighted by Crippen LogP contribution is -2.37. The fourth-order valence-electron chi connectivity index (χ4n) is 4.40. The predicted molar refractivity (Wildman–Crippen MR) is 147 cm³/mol. The van der Waals surface area contributed by atoms with E-state index in [0.717, 1.165) is 0 Å². The van der Waals surface area contributed by atoms with E-state index in [1.807, 2.05) is 19.1 Å².